The average molecular weight is 176 g/mol. The van der Waals surface area contributed by atoms with Crippen LogP contribution in [-0.4, -0.2) is 26.2 Å². The summed E-state index contributed by atoms with van der Waals surface area (Å²) < 4.78 is 0. The van der Waals surface area contributed by atoms with Gasteiger partial charge >= 0.3 is 0 Å². The fourth-order valence-electron chi connectivity index (χ4n) is 1.12. The first-order chi connectivity index (χ1) is 4.49. The van der Waals surface area contributed by atoms with Crippen molar-refractivity contribution in [2.75, 3.05) is 18.1 Å². The van der Waals surface area contributed by atoms with E-state index in [1.54, 1.807) is 5.79 Å². The highest BCUT2D eigenvalue weighted by Crippen LogP contribution is 2.36. The summed E-state index contributed by atoms with van der Waals surface area (Å²) >= 11 is 0. The Morgan fingerprint density at radius 1 is 1.00 bits per heavy atom. The second-order valence-electron chi connectivity index (χ2n) is 4.02. The fraction of sp³-hybridized carbons (Fsp3) is 1.00. The zero-order chi connectivity index (χ0) is 8.20. The Balaban J connectivity index is 3.63. The lowest BCUT2D eigenvalue weighted by molar-refractivity contribution is 1.39. The van der Waals surface area contributed by atoms with E-state index in [0.717, 1.165) is 0 Å². The highest BCUT2D eigenvalue weighted by atomic mass is 31.1. The first-order valence-corrected chi connectivity index (χ1v) is 9.82. The Morgan fingerprint density at radius 3 is 1.50 bits per heavy atom. The zero-order valence-corrected chi connectivity index (χ0v) is 9.96. The molecule has 0 spiro atoms. The highest BCUT2D eigenvalue weighted by Gasteiger charge is 2.16. The minimum atomic E-state index is -0.733. The lowest BCUT2D eigenvalue weighted by Crippen LogP contribution is -2.25. The van der Waals surface area contributed by atoms with E-state index in [0.29, 0.717) is 7.92 Å². The maximum atomic E-state index is 2.48. The van der Waals surface area contributed by atoms with Crippen molar-refractivity contribution in [2.24, 2.45) is 0 Å². The standard InChI is InChI=1S/C8H21PSi/c1-6-9(7-2)8-10(3,4)5/h6-8H2,1-5H3. The van der Waals surface area contributed by atoms with Gasteiger partial charge in [0.05, 0.1) is 0 Å². The summed E-state index contributed by atoms with van der Waals surface area (Å²) in [5.41, 5.74) is 0. The van der Waals surface area contributed by atoms with Crippen LogP contribution in [0.2, 0.25) is 19.6 Å². The van der Waals surface area contributed by atoms with Crippen LogP contribution in [0.25, 0.3) is 0 Å². The molecule has 0 fully saturated rings. The van der Waals surface area contributed by atoms with Gasteiger partial charge in [0.2, 0.25) is 0 Å². The molecule has 0 nitrogen and oxygen atoms in total. The Bertz CT molecular complexity index is 81.7. The van der Waals surface area contributed by atoms with Gasteiger partial charge in [0, 0.05) is 8.07 Å². The van der Waals surface area contributed by atoms with E-state index in [1.165, 1.54) is 12.3 Å². The highest BCUT2D eigenvalue weighted by molar-refractivity contribution is 7.60. The van der Waals surface area contributed by atoms with Gasteiger partial charge in [-0.1, -0.05) is 33.5 Å². The third-order valence-electron chi connectivity index (χ3n) is 1.59. The quantitative estimate of drug-likeness (QED) is 0.455. The van der Waals surface area contributed by atoms with Gasteiger partial charge < -0.3 is 0 Å². The minimum absolute atomic E-state index is 0.417. The van der Waals surface area contributed by atoms with E-state index < -0.39 is 8.07 Å². The van der Waals surface area contributed by atoms with Gasteiger partial charge in [-0.25, -0.2) is 0 Å². The molecule has 62 valence electrons. The summed E-state index contributed by atoms with van der Waals surface area (Å²) in [5, 5.41) is 0. The predicted octanol–water partition coefficient (Wildman–Crippen LogP) is 3.39. The molecule has 0 N–H and O–H groups in total. The van der Waals surface area contributed by atoms with Crippen LogP contribution in [0, 0.1) is 0 Å². The molecule has 0 bridgehead atoms. The zero-order valence-electron chi connectivity index (χ0n) is 8.07. The van der Waals surface area contributed by atoms with E-state index in [1.807, 2.05) is 0 Å². The summed E-state index contributed by atoms with van der Waals surface area (Å²) in [7, 11) is -0.316. The Labute approximate surface area is 68.2 Å². The van der Waals surface area contributed by atoms with Gasteiger partial charge in [-0.3, -0.25) is 0 Å². The summed E-state index contributed by atoms with van der Waals surface area (Å²) in [6.45, 7) is 12.1. The molecule has 0 aromatic rings. The molecule has 0 aliphatic carbocycles. The molecule has 0 aromatic carbocycles. The lowest BCUT2D eigenvalue weighted by Gasteiger charge is -2.22. The molecular weight excluding hydrogens is 155 g/mol. The van der Waals surface area contributed by atoms with E-state index in [9.17, 15) is 0 Å². The van der Waals surface area contributed by atoms with Gasteiger partial charge in [0.15, 0.2) is 0 Å². The molecule has 0 aromatic heterocycles. The molecule has 0 heterocycles. The van der Waals surface area contributed by atoms with Crippen LogP contribution >= 0.6 is 7.92 Å². The van der Waals surface area contributed by atoms with Crippen LogP contribution in [0.15, 0.2) is 0 Å². The van der Waals surface area contributed by atoms with Gasteiger partial charge in [0.1, 0.15) is 0 Å². The van der Waals surface area contributed by atoms with Gasteiger partial charge in [-0.05, 0) is 18.1 Å². The van der Waals surface area contributed by atoms with Crippen molar-refractivity contribution in [2.45, 2.75) is 33.5 Å². The van der Waals surface area contributed by atoms with Crippen LogP contribution in [0.4, 0.5) is 0 Å². The minimum Gasteiger partial charge on any atom is -0.110 e. The second-order valence-corrected chi connectivity index (χ2v) is 13.0. The fourth-order valence-corrected chi connectivity index (χ4v) is 8.72. The Kier molecular flexibility index (Phi) is 4.80. The number of hydrogen-bond acceptors (Lipinski definition) is 0. The lowest BCUT2D eigenvalue weighted by atomic mass is 11.0. The van der Waals surface area contributed by atoms with E-state index in [4.69, 9.17) is 0 Å². The topological polar surface area (TPSA) is 0 Å². The molecule has 2 heteroatoms. The normalized spacial score (nSPS) is 12.6. The SMILES string of the molecule is CCP(CC)C[Si](C)(C)C. The van der Waals surface area contributed by atoms with Crippen molar-refractivity contribution in [1.29, 1.82) is 0 Å². The summed E-state index contributed by atoms with van der Waals surface area (Å²) in [5.74, 6) is 1.58. The molecule has 10 heavy (non-hydrogen) atoms. The summed E-state index contributed by atoms with van der Waals surface area (Å²) in [4.78, 5) is 0. The van der Waals surface area contributed by atoms with Crippen LogP contribution in [0.3, 0.4) is 0 Å². The number of hydrogen-bond donors (Lipinski definition) is 0. The maximum absolute atomic E-state index is 2.48. The van der Waals surface area contributed by atoms with Crippen molar-refractivity contribution in [3.05, 3.63) is 0 Å². The van der Waals surface area contributed by atoms with Crippen molar-refractivity contribution in [1.82, 2.24) is 0 Å². The van der Waals surface area contributed by atoms with Crippen LogP contribution in [0.5, 0.6) is 0 Å². The smallest absolute Gasteiger partial charge is 0.0485 e. The van der Waals surface area contributed by atoms with Crippen LogP contribution in [0.1, 0.15) is 13.8 Å². The first-order valence-electron chi connectivity index (χ1n) is 4.22. The maximum Gasteiger partial charge on any atom is 0.0485 e. The Hall–Kier alpha value is 0.647. The molecule has 0 saturated heterocycles. The summed E-state index contributed by atoms with van der Waals surface area (Å²) in [6, 6.07) is 0. The first kappa shape index (κ1) is 10.6. The van der Waals surface area contributed by atoms with Gasteiger partial charge in [0.25, 0.3) is 0 Å². The third-order valence-corrected chi connectivity index (χ3v) is 8.96. The predicted molar refractivity (Wildman–Crippen MR) is 56.2 cm³/mol. The van der Waals surface area contributed by atoms with Crippen molar-refractivity contribution in [3.8, 4) is 0 Å². The molecule has 0 rings (SSSR count). The molecule has 0 radical (unpaired) electrons. The largest absolute Gasteiger partial charge is 0.110 e. The monoisotopic (exact) mass is 176 g/mol. The van der Waals surface area contributed by atoms with E-state index in [-0.39, 0.29) is 0 Å². The van der Waals surface area contributed by atoms with Gasteiger partial charge in [-0.2, -0.15) is 0 Å². The third kappa shape index (κ3) is 5.43. The molecule has 0 aliphatic heterocycles. The molecule has 0 unspecified atom stereocenters. The second kappa shape index (κ2) is 4.51. The van der Waals surface area contributed by atoms with E-state index in [2.05, 4.69) is 33.5 Å². The molecule has 0 aliphatic rings. The Morgan fingerprint density at radius 2 is 1.40 bits per heavy atom. The van der Waals surface area contributed by atoms with Crippen LogP contribution in [-0.2, 0) is 0 Å². The molecular formula is C8H21PSi. The number of rotatable bonds is 4. The molecule has 0 amide bonds. The average Bonchev–Trinajstić information content (AvgIpc) is 1.81. The van der Waals surface area contributed by atoms with Gasteiger partial charge in [-0.15, -0.1) is 7.92 Å². The van der Waals surface area contributed by atoms with Crippen LogP contribution < -0.4 is 0 Å². The van der Waals surface area contributed by atoms with Crippen molar-refractivity contribution in [3.63, 3.8) is 0 Å². The molecule has 0 saturated carbocycles. The van der Waals surface area contributed by atoms with Crippen molar-refractivity contribution < 1.29 is 0 Å². The van der Waals surface area contributed by atoms with E-state index >= 15 is 0 Å². The molecule has 0 atom stereocenters. The van der Waals surface area contributed by atoms with Crippen molar-refractivity contribution >= 4 is 16.0 Å². The summed E-state index contributed by atoms with van der Waals surface area (Å²) in [6.07, 6.45) is 2.88.